The number of aliphatic carboxylic acids is 1. The normalized spacial score (nSPS) is 35.9. The molecule has 0 aromatic heterocycles. The zero-order chi connectivity index (χ0) is 18.6. The summed E-state index contributed by atoms with van der Waals surface area (Å²) in [6, 6.07) is 0. The molecular formula is C12H22O12. The van der Waals surface area contributed by atoms with E-state index in [1.54, 1.807) is 0 Å². The summed E-state index contributed by atoms with van der Waals surface area (Å²) in [6.07, 6.45) is -16.4. The lowest BCUT2D eigenvalue weighted by molar-refractivity contribution is -0.306. The van der Waals surface area contributed by atoms with Gasteiger partial charge in [0, 0.05) is 0 Å². The SMILES string of the molecule is O=C(O)[C@@H](O)[C@@H](O)[C@H](O)[C@H](O)CO[C@H]1O[C@H](CO)[C@@H](O)[C@H](O)[C@H]1O. The molecule has 1 heterocycles. The van der Waals surface area contributed by atoms with Gasteiger partial charge in [0.25, 0.3) is 0 Å². The van der Waals surface area contributed by atoms with Crippen molar-refractivity contribution in [1.82, 2.24) is 0 Å². The molecule has 0 spiro atoms. The van der Waals surface area contributed by atoms with Crippen molar-refractivity contribution in [2.75, 3.05) is 13.2 Å². The van der Waals surface area contributed by atoms with Crippen LogP contribution in [-0.2, 0) is 14.3 Å². The van der Waals surface area contributed by atoms with Gasteiger partial charge in [0.2, 0.25) is 0 Å². The largest absolute Gasteiger partial charge is 0.479 e. The topological polar surface area (TPSA) is 218 Å². The van der Waals surface area contributed by atoms with E-state index in [1.807, 2.05) is 0 Å². The first-order valence-electron chi connectivity index (χ1n) is 6.99. The Bertz CT molecular complexity index is 403. The highest BCUT2D eigenvalue weighted by Gasteiger charge is 2.44. The molecule has 0 unspecified atom stereocenters. The molecule has 0 bridgehead atoms. The Kier molecular flexibility index (Phi) is 7.88. The molecular weight excluding hydrogens is 336 g/mol. The Labute approximate surface area is 135 Å². The summed E-state index contributed by atoms with van der Waals surface area (Å²) in [5.41, 5.74) is 0. The summed E-state index contributed by atoms with van der Waals surface area (Å²) in [7, 11) is 0. The summed E-state index contributed by atoms with van der Waals surface area (Å²) in [4.78, 5) is 10.5. The molecule has 0 amide bonds. The van der Waals surface area contributed by atoms with E-state index in [4.69, 9.17) is 24.8 Å². The summed E-state index contributed by atoms with van der Waals surface area (Å²) in [5.74, 6) is -1.82. The summed E-state index contributed by atoms with van der Waals surface area (Å²) >= 11 is 0. The molecule has 12 nitrogen and oxygen atoms in total. The Morgan fingerprint density at radius 3 is 2.08 bits per heavy atom. The van der Waals surface area contributed by atoms with E-state index in [0.29, 0.717) is 0 Å². The number of carbonyl (C=O) groups is 1. The number of carboxylic acid groups (broad SMARTS) is 1. The fourth-order valence-corrected chi connectivity index (χ4v) is 2.06. The zero-order valence-electron chi connectivity index (χ0n) is 12.4. The van der Waals surface area contributed by atoms with Crippen LogP contribution < -0.4 is 0 Å². The number of aliphatic hydroxyl groups excluding tert-OH is 8. The van der Waals surface area contributed by atoms with Crippen LogP contribution in [-0.4, -0.2) is 120 Å². The molecule has 1 saturated heterocycles. The molecule has 0 aromatic rings. The van der Waals surface area contributed by atoms with Crippen LogP contribution in [0.2, 0.25) is 0 Å². The van der Waals surface area contributed by atoms with Crippen molar-refractivity contribution >= 4 is 5.97 Å². The lowest BCUT2D eigenvalue weighted by Crippen LogP contribution is -2.59. The average Bonchev–Trinajstić information content (AvgIpc) is 2.56. The highest BCUT2D eigenvalue weighted by Crippen LogP contribution is 2.22. The van der Waals surface area contributed by atoms with Crippen LogP contribution in [0.25, 0.3) is 0 Å². The van der Waals surface area contributed by atoms with Gasteiger partial charge in [0.1, 0.15) is 42.7 Å². The van der Waals surface area contributed by atoms with Crippen molar-refractivity contribution < 1.29 is 60.2 Å². The molecule has 1 rings (SSSR count). The second-order valence-electron chi connectivity index (χ2n) is 5.36. The van der Waals surface area contributed by atoms with Crippen LogP contribution >= 0.6 is 0 Å². The van der Waals surface area contributed by atoms with Crippen molar-refractivity contribution in [2.24, 2.45) is 0 Å². The zero-order valence-corrected chi connectivity index (χ0v) is 12.4. The Hall–Kier alpha value is -0.930. The number of ether oxygens (including phenoxy) is 2. The fourth-order valence-electron chi connectivity index (χ4n) is 2.06. The number of carboxylic acids is 1. The van der Waals surface area contributed by atoms with Gasteiger partial charge < -0.3 is 55.4 Å². The molecule has 0 aliphatic carbocycles. The number of hydrogen-bond donors (Lipinski definition) is 9. The third-order valence-electron chi connectivity index (χ3n) is 3.60. The molecule has 1 aliphatic heterocycles. The second-order valence-corrected chi connectivity index (χ2v) is 5.36. The molecule has 24 heavy (non-hydrogen) atoms. The van der Waals surface area contributed by atoms with Gasteiger partial charge in [-0.3, -0.25) is 0 Å². The third kappa shape index (κ3) is 4.80. The minimum absolute atomic E-state index is 0.695. The van der Waals surface area contributed by atoms with Crippen molar-refractivity contribution in [3.8, 4) is 0 Å². The van der Waals surface area contributed by atoms with Gasteiger partial charge in [-0.2, -0.15) is 0 Å². The van der Waals surface area contributed by atoms with Crippen LogP contribution in [0.15, 0.2) is 0 Å². The molecule has 1 aliphatic rings. The van der Waals surface area contributed by atoms with E-state index in [9.17, 15) is 35.4 Å². The molecule has 12 heteroatoms. The van der Waals surface area contributed by atoms with Gasteiger partial charge >= 0.3 is 5.97 Å². The number of hydrogen-bond acceptors (Lipinski definition) is 11. The van der Waals surface area contributed by atoms with Gasteiger partial charge in [0.15, 0.2) is 12.4 Å². The average molecular weight is 358 g/mol. The maximum absolute atomic E-state index is 10.5. The predicted molar refractivity (Wildman–Crippen MR) is 71.4 cm³/mol. The first-order valence-corrected chi connectivity index (χ1v) is 6.99. The Morgan fingerprint density at radius 2 is 1.58 bits per heavy atom. The van der Waals surface area contributed by atoms with Crippen LogP contribution in [0.4, 0.5) is 0 Å². The van der Waals surface area contributed by atoms with Gasteiger partial charge in [0.05, 0.1) is 13.2 Å². The van der Waals surface area contributed by atoms with Gasteiger partial charge in [-0.25, -0.2) is 4.79 Å². The van der Waals surface area contributed by atoms with E-state index < -0.39 is 74.3 Å². The summed E-state index contributed by atoms with van der Waals surface area (Å²) < 4.78 is 9.89. The quantitative estimate of drug-likeness (QED) is 0.198. The number of aliphatic hydroxyl groups is 8. The standard InChI is InChI=1S/C12H22O12/c13-1-4-6(16)8(18)10(20)12(24-4)23-2-3(14)5(15)7(17)9(19)11(21)22/h3-10,12-20H,1-2H2,(H,21,22)/t3-,4-,5-,6-,7+,8+,9+,10-,12+/m1/s1. The van der Waals surface area contributed by atoms with Crippen LogP contribution in [0.1, 0.15) is 0 Å². The predicted octanol–water partition coefficient (Wildman–Crippen LogP) is -5.67. The lowest BCUT2D eigenvalue weighted by atomic mass is 9.99. The lowest BCUT2D eigenvalue weighted by Gasteiger charge is -2.40. The van der Waals surface area contributed by atoms with Crippen molar-refractivity contribution in [3.63, 3.8) is 0 Å². The van der Waals surface area contributed by atoms with Gasteiger partial charge in [-0.05, 0) is 0 Å². The maximum atomic E-state index is 10.5. The maximum Gasteiger partial charge on any atom is 0.335 e. The minimum Gasteiger partial charge on any atom is -0.479 e. The summed E-state index contributed by atoms with van der Waals surface area (Å²) in [5, 5.41) is 84.0. The summed E-state index contributed by atoms with van der Waals surface area (Å²) in [6.45, 7) is -1.48. The molecule has 9 N–H and O–H groups in total. The Morgan fingerprint density at radius 1 is 1.00 bits per heavy atom. The molecule has 9 atom stereocenters. The monoisotopic (exact) mass is 358 g/mol. The highest BCUT2D eigenvalue weighted by atomic mass is 16.7. The molecule has 1 fully saturated rings. The minimum atomic E-state index is -2.35. The molecule has 0 aromatic carbocycles. The second kappa shape index (κ2) is 8.96. The first kappa shape index (κ1) is 21.1. The van der Waals surface area contributed by atoms with Gasteiger partial charge in [-0.15, -0.1) is 0 Å². The van der Waals surface area contributed by atoms with E-state index in [1.165, 1.54) is 0 Å². The van der Waals surface area contributed by atoms with E-state index in [2.05, 4.69) is 0 Å². The van der Waals surface area contributed by atoms with Gasteiger partial charge in [-0.1, -0.05) is 0 Å². The van der Waals surface area contributed by atoms with Crippen molar-refractivity contribution in [3.05, 3.63) is 0 Å². The Balaban J connectivity index is 2.59. The molecule has 142 valence electrons. The van der Waals surface area contributed by atoms with Crippen molar-refractivity contribution in [2.45, 2.75) is 55.1 Å². The smallest absolute Gasteiger partial charge is 0.335 e. The number of rotatable bonds is 8. The molecule has 0 radical (unpaired) electrons. The van der Waals surface area contributed by atoms with E-state index in [-0.39, 0.29) is 0 Å². The van der Waals surface area contributed by atoms with E-state index >= 15 is 0 Å². The first-order chi connectivity index (χ1) is 11.1. The van der Waals surface area contributed by atoms with E-state index in [0.717, 1.165) is 0 Å². The third-order valence-corrected chi connectivity index (χ3v) is 3.60. The van der Waals surface area contributed by atoms with Crippen LogP contribution in [0.5, 0.6) is 0 Å². The highest BCUT2D eigenvalue weighted by molar-refractivity contribution is 5.72. The van der Waals surface area contributed by atoms with Crippen LogP contribution in [0.3, 0.4) is 0 Å². The van der Waals surface area contributed by atoms with Crippen molar-refractivity contribution in [1.29, 1.82) is 0 Å². The fraction of sp³-hybridized carbons (Fsp3) is 0.917. The van der Waals surface area contributed by atoms with Crippen LogP contribution in [0, 0.1) is 0 Å². The molecule has 0 saturated carbocycles.